The van der Waals surface area contributed by atoms with Crippen LogP contribution in [0.15, 0.2) is 24.3 Å². The molecule has 2 nitrogen and oxygen atoms in total. The average molecular weight is 206 g/mol. The third-order valence-electron chi connectivity index (χ3n) is 2.37. The molecule has 0 atom stereocenters. The Morgan fingerprint density at radius 2 is 1.80 bits per heavy atom. The molecule has 15 heavy (non-hydrogen) atoms. The van der Waals surface area contributed by atoms with Crippen molar-refractivity contribution >= 4 is 5.69 Å². The van der Waals surface area contributed by atoms with Crippen LogP contribution in [0.2, 0.25) is 0 Å². The number of nitrogens with one attached hydrogen (secondary N) is 1. The molecule has 0 heterocycles. The second-order valence-electron chi connectivity index (χ2n) is 4.54. The highest BCUT2D eigenvalue weighted by Crippen LogP contribution is 2.10. The first-order chi connectivity index (χ1) is 7.11. The molecule has 0 saturated heterocycles. The second-order valence-corrected chi connectivity index (χ2v) is 4.54. The molecule has 0 radical (unpaired) electrons. The van der Waals surface area contributed by atoms with E-state index in [-0.39, 0.29) is 0 Å². The highest BCUT2D eigenvalue weighted by molar-refractivity contribution is 5.43. The molecule has 1 rings (SSSR count). The van der Waals surface area contributed by atoms with Gasteiger partial charge in [0, 0.05) is 25.8 Å². The van der Waals surface area contributed by atoms with E-state index in [4.69, 9.17) is 0 Å². The maximum absolute atomic E-state index is 3.13. The van der Waals surface area contributed by atoms with Gasteiger partial charge in [-0.1, -0.05) is 26.0 Å². The fraction of sp³-hybridized carbons (Fsp3) is 0.538. The van der Waals surface area contributed by atoms with Gasteiger partial charge in [-0.2, -0.15) is 0 Å². The van der Waals surface area contributed by atoms with E-state index in [0.717, 1.165) is 19.0 Å². The van der Waals surface area contributed by atoms with E-state index in [1.165, 1.54) is 11.3 Å². The van der Waals surface area contributed by atoms with Gasteiger partial charge in [-0.05, 0) is 30.7 Å². The Hall–Kier alpha value is -1.02. The summed E-state index contributed by atoms with van der Waals surface area (Å²) < 4.78 is 0. The molecule has 84 valence electrons. The number of anilines is 1. The van der Waals surface area contributed by atoms with Gasteiger partial charge in [0.1, 0.15) is 0 Å². The Morgan fingerprint density at radius 1 is 1.20 bits per heavy atom. The molecule has 0 fully saturated rings. The van der Waals surface area contributed by atoms with Crippen LogP contribution in [0.5, 0.6) is 0 Å². The lowest BCUT2D eigenvalue weighted by Gasteiger charge is -2.19. The Kier molecular flexibility index (Phi) is 4.63. The molecule has 1 aromatic rings. The van der Waals surface area contributed by atoms with Gasteiger partial charge in [-0.25, -0.2) is 0 Å². The molecule has 0 saturated carbocycles. The second kappa shape index (κ2) is 5.76. The van der Waals surface area contributed by atoms with E-state index < -0.39 is 0 Å². The van der Waals surface area contributed by atoms with Crippen LogP contribution in [0.1, 0.15) is 19.4 Å². The Bertz CT molecular complexity index is 277. The van der Waals surface area contributed by atoms with E-state index in [2.05, 4.69) is 55.4 Å². The summed E-state index contributed by atoms with van der Waals surface area (Å²) in [4.78, 5) is 2.36. The van der Waals surface area contributed by atoms with Crippen LogP contribution in [-0.4, -0.2) is 25.5 Å². The van der Waals surface area contributed by atoms with Crippen LogP contribution in [0.4, 0.5) is 5.69 Å². The van der Waals surface area contributed by atoms with Crippen molar-refractivity contribution in [2.45, 2.75) is 20.4 Å². The number of benzene rings is 1. The van der Waals surface area contributed by atoms with Crippen molar-refractivity contribution in [2.75, 3.05) is 26.0 Å². The van der Waals surface area contributed by atoms with Gasteiger partial charge >= 0.3 is 0 Å². The minimum Gasteiger partial charge on any atom is -0.388 e. The van der Waals surface area contributed by atoms with Gasteiger partial charge in [-0.3, -0.25) is 0 Å². The summed E-state index contributed by atoms with van der Waals surface area (Å²) in [5.41, 5.74) is 2.54. The fourth-order valence-corrected chi connectivity index (χ4v) is 1.78. The first-order valence-electron chi connectivity index (χ1n) is 5.57. The van der Waals surface area contributed by atoms with Gasteiger partial charge in [0.15, 0.2) is 0 Å². The topological polar surface area (TPSA) is 15.3 Å². The lowest BCUT2D eigenvalue weighted by atomic mass is 10.1. The highest BCUT2D eigenvalue weighted by atomic mass is 15.1. The summed E-state index contributed by atoms with van der Waals surface area (Å²) in [5, 5.41) is 3.13. The number of hydrogen-bond donors (Lipinski definition) is 1. The molecule has 0 aliphatic carbocycles. The lowest BCUT2D eigenvalue weighted by Crippen LogP contribution is -2.22. The third kappa shape index (κ3) is 4.34. The number of nitrogens with zero attached hydrogens (tertiary/aromatic N) is 1. The molecule has 0 bridgehead atoms. The van der Waals surface area contributed by atoms with Crippen molar-refractivity contribution in [3.05, 3.63) is 29.8 Å². The van der Waals surface area contributed by atoms with Crippen molar-refractivity contribution in [3.63, 3.8) is 0 Å². The van der Waals surface area contributed by atoms with Crippen LogP contribution in [0.3, 0.4) is 0 Å². The van der Waals surface area contributed by atoms with E-state index in [0.29, 0.717) is 0 Å². The zero-order chi connectivity index (χ0) is 11.3. The van der Waals surface area contributed by atoms with Crippen molar-refractivity contribution in [1.29, 1.82) is 0 Å². The number of hydrogen-bond acceptors (Lipinski definition) is 2. The van der Waals surface area contributed by atoms with Gasteiger partial charge in [0.2, 0.25) is 0 Å². The van der Waals surface area contributed by atoms with E-state index in [1.807, 2.05) is 7.05 Å². The smallest absolute Gasteiger partial charge is 0.0337 e. The van der Waals surface area contributed by atoms with Crippen molar-refractivity contribution in [2.24, 2.45) is 5.92 Å². The van der Waals surface area contributed by atoms with E-state index in [9.17, 15) is 0 Å². The maximum atomic E-state index is 3.13. The lowest BCUT2D eigenvalue weighted by molar-refractivity contribution is 0.288. The minimum absolute atomic E-state index is 0.728. The van der Waals surface area contributed by atoms with Crippen molar-refractivity contribution < 1.29 is 0 Å². The van der Waals surface area contributed by atoms with E-state index >= 15 is 0 Å². The summed E-state index contributed by atoms with van der Waals surface area (Å²) in [5.74, 6) is 0.728. The molecule has 0 aliphatic rings. The molecule has 0 aliphatic heterocycles. The zero-order valence-electron chi connectivity index (χ0n) is 10.2. The SMILES string of the molecule is CNc1ccc(CN(C)CC(C)C)cc1. The summed E-state index contributed by atoms with van der Waals surface area (Å²) in [6, 6.07) is 8.61. The standard InChI is InChI=1S/C13H22N2/c1-11(2)9-15(4)10-12-5-7-13(14-3)8-6-12/h5-8,11,14H,9-10H2,1-4H3. The Balaban J connectivity index is 2.49. The number of rotatable bonds is 5. The molecule has 0 aromatic heterocycles. The van der Waals surface area contributed by atoms with Crippen molar-refractivity contribution in [1.82, 2.24) is 4.90 Å². The average Bonchev–Trinajstić information content (AvgIpc) is 2.17. The summed E-state index contributed by atoms with van der Waals surface area (Å²) in [6.45, 7) is 6.68. The van der Waals surface area contributed by atoms with Crippen LogP contribution in [-0.2, 0) is 6.54 Å². The largest absolute Gasteiger partial charge is 0.388 e. The van der Waals surface area contributed by atoms with Crippen LogP contribution >= 0.6 is 0 Å². The molecule has 0 spiro atoms. The normalized spacial score (nSPS) is 11.1. The molecule has 0 amide bonds. The van der Waals surface area contributed by atoms with Gasteiger partial charge < -0.3 is 10.2 Å². The maximum Gasteiger partial charge on any atom is 0.0337 e. The molecule has 1 N–H and O–H groups in total. The predicted molar refractivity (Wildman–Crippen MR) is 67.2 cm³/mol. The monoisotopic (exact) mass is 206 g/mol. The zero-order valence-corrected chi connectivity index (χ0v) is 10.2. The van der Waals surface area contributed by atoms with Crippen molar-refractivity contribution in [3.8, 4) is 0 Å². The molecule has 2 heteroatoms. The molecule has 0 unspecified atom stereocenters. The van der Waals surface area contributed by atoms with E-state index in [1.54, 1.807) is 0 Å². The highest BCUT2D eigenvalue weighted by Gasteiger charge is 2.02. The third-order valence-corrected chi connectivity index (χ3v) is 2.37. The van der Waals surface area contributed by atoms with Crippen LogP contribution in [0, 0.1) is 5.92 Å². The first-order valence-corrected chi connectivity index (χ1v) is 5.57. The summed E-state index contributed by atoms with van der Waals surface area (Å²) >= 11 is 0. The summed E-state index contributed by atoms with van der Waals surface area (Å²) in [7, 11) is 4.12. The first kappa shape index (κ1) is 12.1. The van der Waals surface area contributed by atoms with Gasteiger partial charge in [0.05, 0.1) is 0 Å². The van der Waals surface area contributed by atoms with Crippen LogP contribution in [0.25, 0.3) is 0 Å². The Morgan fingerprint density at radius 3 is 2.27 bits per heavy atom. The predicted octanol–water partition coefficient (Wildman–Crippen LogP) is 2.82. The quantitative estimate of drug-likeness (QED) is 0.797. The molecule has 1 aromatic carbocycles. The fourth-order valence-electron chi connectivity index (χ4n) is 1.78. The molecular weight excluding hydrogens is 184 g/mol. The van der Waals surface area contributed by atoms with Crippen LogP contribution < -0.4 is 5.32 Å². The minimum atomic E-state index is 0.728. The van der Waals surface area contributed by atoms with Gasteiger partial charge in [0.25, 0.3) is 0 Å². The summed E-state index contributed by atoms with van der Waals surface area (Å²) in [6.07, 6.45) is 0. The Labute approximate surface area is 93.3 Å². The van der Waals surface area contributed by atoms with Gasteiger partial charge in [-0.15, -0.1) is 0 Å². The molecular formula is C13H22N2.